The minimum atomic E-state index is -3.73. The Morgan fingerprint density at radius 3 is 2.46 bits per heavy atom. The number of aromatic nitrogens is 2. The van der Waals surface area contributed by atoms with Gasteiger partial charge in [0.2, 0.25) is 10.0 Å². The third-order valence-corrected chi connectivity index (χ3v) is 6.52. The highest BCUT2D eigenvalue weighted by atomic mass is 35.5. The van der Waals surface area contributed by atoms with Crippen LogP contribution in [0, 0.1) is 6.92 Å². The summed E-state index contributed by atoms with van der Waals surface area (Å²) in [4.78, 5) is 0.0451. The van der Waals surface area contributed by atoms with E-state index in [1.165, 1.54) is 29.6 Å². The SMILES string of the molecule is Cc1c(CN(C)S(=O)(=O)c2ccc(Cl)cc2Cl)c(C(C)C)nn1C. The van der Waals surface area contributed by atoms with Gasteiger partial charge in [0.25, 0.3) is 0 Å². The standard InChI is InChI=1S/C16H21Cl2N3O2S/c1-10(2)16-13(11(3)21(5)19-16)9-20(4)24(22,23)15-7-6-12(17)8-14(15)18/h6-8,10H,9H2,1-5H3. The van der Waals surface area contributed by atoms with Crippen LogP contribution in [0.25, 0.3) is 0 Å². The minimum absolute atomic E-state index is 0.0451. The number of rotatable bonds is 5. The van der Waals surface area contributed by atoms with E-state index in [0.29, 0.717) is 5.02 Å². The van der Waals surface area contributed by atoms with Crippen LogP contribution in [0.2, 0.25) is 10.0 Å². The molecule has 24 heavy (non-hydrogen) atoms. The summed E-state index contributed by atoms with van der Waals surface area (Å²) in [5.41, 5.74) is 2.77. The molecular formula is C16H21Cl2N3O2S. The highest BCUT2D eigenvalue weighted by Gasteiger charge is 2.26. The van der Waals surface area contributed by atoms with E-state index >= 15 is 0 Å². The van der Waals surface area contributed by atoms with E-state index < -0.39 is 10.0 Å². The summed E-state index contributed by atoms with van der Waals surface area (Å²) in [5.74, 6) is 0.204. The highest BCUT2D eigenvalue weighted by molar-refractivity contribution is 7.89. The lowest BCUT2D eigenvalue weighted by Gasteiger charge is -2.19. The number of nitrogens with zero attached hydrogens (tertiary/aromatic N) is 3. The Balaban J connectivity index is 2.41. The number of aryl methyl sites for hydroxylation is 1. The molecule has 2 rings (SSSR count). The van der Waals surface area contributed by atoms with E-state index in [9.17, 15) is 8.42 Å². The van der Waals surface area contributed by atoms with Crippen molar-refractivity contribution < 1.29 is 8.42 Å². The van der Waals surface area contributed by atoms with Crippen LogP contribution in [0.15, 0.2) is 23.1 Å². The van der Waals surface area contributed by atoms with Gasteiger partial charge in [0.15, 0.2) is 0 Å². The molecule has 1 aromatic heterocycles. The summed E-state index contributed by atoms with van der Waals surface area (Å²) < 4.78 is 28.7. The molecule has 132 valence electrons. The fourth-order valence-corrected chi connectivity index (χ4v) is 4.38. The van der Waals surface area contributed by atoms with Crippen molar-refractivity contribution in [3.63, 3.8) is 0 Å². The molecule has 0 aliphatic rings. The van der Waals surface area contributed by atoms with Crippen LogP contribution in [0.5, 0.6) is 0 Å². The van der Waals surface area contributed by atoms with Gasteiger partial charge in [-0.05, 0) is 31.0 Å². The third-order valence-electron chi connectivity index (χ3n) is 4.00. The van der Waals surface area contributed by atoms with Gasteiger partial charge < -0.3 is 0 Å². The van der Waals surface area contributed by atoms with E-state index in [-0.39, 0.29) is 22.4 Å². The van der Waals surface area contributed by atoms with Crippen molar-refractivity contribution in [2.45, 2.75) is 38.1 Å². The molecule has 2 aromatic rings. The van der Waals surface area contributed by atoms with Crippen LogP contribution < -0.4 is 0 Å². The number of hydrogen-bond acceptors (Lipinski definition) is 3. The molecule has 0 fully saturated rings. The van der Waals surface area contributed by atoms with E-state index in [1.54, 1.807) is 4.68 Å². The molecular weight excluding hydrogens is 369 g/mol. The zero-order valence-electron chi connectivity index (χ0n) is 14.3. The lowest BCUT2D eigenvalue weighted by atomic mass is 10.0. The van der Waals surface area contributed by atoms with Crippen molar-refractivity contribution in [1.29, 1.82) is 0 Å². The summed E-state index contributed by atoms with van der Waals surface area (Å²) >= 11 is 11.9. The summed E-state index contributed by atoms with van der Waals surface area (Å²) in [6.45, 7) is 6.24. The second-order valence-electron chi connectivity index (χ2n) is 6.06. The Bertz CT molecular complexity index is 860. The van der Waals surface area contributed by atoms with Gasteiger partial charge in [-0.3, -0.25) is 4.68 Å². The molecule has 1 heterocycles. The number of halogens is 2. The quantitative estimate of drug-likeness (QED) is 0.776. The van der Waals surface area contributed by atoms with Crippen molar-refractivity contribution in [1.82, 2.24) is 14.1 Å². The van der Waals surface area contributed by atoms with Crippen LogP contribution in [0.3, 0.4) is 0 Å². The first-order valence-corrected chi connectivity index (χ1v) is 9.69. The molecule has 0 aliphatic carbocycles. The largest absolute Gasteiger partial charge is 0.272 e. The Kier molecular flexibility index (Phi) is 5.64. The first-order chi connectivity index (χ1) is 11.1. The first kappa shape index (κ1) is 19.2. The maximum atomic E-state index is 12.8. The van der Waals surface area contributed by atoms with Crippen LogP contribution in [0.1, 0.15) is 36.7 Å². The molecule has 1 aromatic carbocycles. The maximum absolute atomic E-state index is 12.8. The lowest BCUT2D eigenvalue weighted by Crippen LogP contribution is -2.27. The lowest BCUT2D eigenvalue weighted by molar-refractivity contribution is 0.463. The minimum Gasteiger partial charge on any atom is -0.272 e. The molecule has 8 heteroatoms. The van der Waals surface area contributed by atoms with Gasteiger partial charge in [-0.2, -0.15) is 9.40 Å². The second-order valence-corrected chi connectivity index (χ2v) is 8.92. The van der Waals surface area contributed by atoms with Gasteiger partial charge >= 0.3 is 0 Å². The summed E-state index contributed by atoms with van der Waals surface area (Å²) in [6, 6.07) is 4.37. The Morgan fingerprint density at radius 2 is 1.92 bits per heavy atom. The second kappa shape index (κ2) is 7.04. The van der Waals surface area contributed by atoms with Crippen molar-refractivity contribution in [2.75, 3.05) is 7.05 Å². The van der Waals surface area contributed by atoms with Gasteiger partial charge in [-0.15, -0.1) is 0 Å². The normalized spacial score (nSPS) is 12.4. The number of hydrogen-bond donors (Lipinski definition) is 0. The average molecular weight is 390 g/mol. The fourth-order valence-electron chi connectivity index (χ4n) is 2.50. The Morgan fingerprint density at radius 1 is 1.29 bits per heavy atom. The number of benzene rings is 1. The fraction of sp³-hybridized carbons (Fsp3) is 0.438. The molecule has 0 atom stereocenters. The smallest absolute Gasteiger partial charge is 0.244 e. The molecule has 0 saturated heterocycles. The predicted molar refractivity (Wildman–Crippen MR) is 97.1 cm³/mol. The first-order valence-electron chi connectivity index (χ1n) is 7.49. The van der Waals surface area contributed by atoms with Gasteiger partial charge in [0, 0.05) is 36.9 Å². The third kappa shape index (κ3) is 3.61. The molecule has 0 unspecified atom stereocenters. The van der Waals surface area contributed by atoms with Gasteiger partial charge in [0.1, 0.15) is 4.90 Å². The zero-order valence-corrected chi connectivity index (χ0v) is 16.7. The van der Waals surface area contributed by atoms with E-state index in [1.807, 2.05) is 27.8 Å². The molecule has 0 N–H and O–H groups in total. The molecule has 0 spiro atoms. The molecule has 0 radical (unpaired) electrons. The number of sulfonamides is 1. The van der Waals surface area contributed by atoms with E-state index in [2.05, 4.69) is 5.10 Å². The topological polar surface area (TPSA) is 55.2 Å². The molecule has 0 saturated carbocycles. The predicted octanol–water partition coefficient (Wildman–Crippen LogP) is 3.98. The van der Waals surface area contributed by atoms with Crippen molar-refractivity contribution in [3.8, 4) is 0 Å². The molecule has 0 bridgehead atoms. The maximum Gasteiger partial charge on any atom is 0.244 e. The van der Waals surface area contributed by atoms with Crippen molar-refractivity contribution in [2.24, 2.45) is 7.05 Å². The molecule has 5 nitrogen and oxygen atoms in total. The Labute approximate surface area is 153 Å². The van der Waals surface area contributed by atoms with E-state index in [4.69, 9.17) is 23.2 Å². The molecule has 0 aliphatic heterocycles. The average Bonchev–Trinajstić information content (AvgIpc) is 2.75. The summed E-state index contributed by atoms with van der Waals surface area (Å²) in [5, 5.41) is 5.01. The summed E-state index contributed by atoms with van der Waals surface area (Å²) in [7, 11) is -0.334. The Hall–Kier alpha value is -1.08. The van der Waals surface area contributed by atoms with Gasteiger partial charge in [0.05, 0.1) is 10.7 Å². The van der Waals surface area contributed by atoms with Crippen LogP contribution in [-0.4, -0.2) is 29.6 Å². The van der Waals surface area contributed by atoms with Gasteiger partial charge in [-0.25, -0.2) is 8.42 Å². The van der Waals surface area contributed by atoms with E-state index in [0.717, 1.165) is 17.0 Å². The van der Waals surface area contributed by atoms with Crippen molar-refractivity contribution >= 4 is 33.2 Å². The summed E-state index contributed by atoms with van der Waals surface area (Å²) in [6.07, 6.45) is 0. The van der Waals surface area contributed by atoms with Crippen molar-refractivity contribution in [3.05, 3.63) is 45.2 Å². The zero-order chi connectivity index (χ0) is 18.2. The van der Waals surface area contributed by atoms with Crippen LogP contribution >= 0.6 is 23.2 Å². The monoisotopic (exact) mass is 389 g/mol. The van der Waals surface area contributed by atoms with Gasteiger partial charge in [-0.1, -0.05) is 37.0 Å². The van der Waals surface area contributed by atoms with Crippen LogP contribution in [-0.2, 0) is 23.6 Å². The van der Waals surface area contributed by atoms with Crippen LogP contribution in [0.4, 0.5) is 0 Å². The highest BCUT2D eigenvalue weighted by Crippen LogP contribution is 2.29. The molecule has 0 amide bonds.